The number of fused-ring (bicyclic) bond motifs is 2. The van der Waals surface area contributed by atoms with Crippen LogP contribution in [0.4, 0.5) is 5.69 Å². The van der Waals surface area contributed by atoms with Crippen molar-refractivity contribution in [1.29, 1.82) is 0 Å². The van der Waals surface area contributed by atoms with Crippen LogP contribution >= 0.6 is 0 Å². The third kappa shape index (κ3) is 6.06. The van der Waals surface area contributed by atoms with Crippen LogP contribution in [0.15, 0.2) is 176 Å². The first-order valence-electron chi connectivity index (χ1n) is 16.3. The van der Waals surface area contributed by atoms with Gasteiger partial charge in [0, 0.05) is 17.8 Å². The Morgan fingerprint density at radius 2 is 1.25 bits per heavy atom. The van der Waals surface area contributed by atoms with Crippen LogP contribution in [0, 0.1) is 0 Å². The smallest absolute Gasteiger partial charge is 0.206 e. The minimum atomic E-state index is -0.0361. The van der Waals surface area contributed by atoms with E-state index in [-0.39, 0.29) is 12.3 Å². The van der Waals surface area contributed by atoms with Crippen LogP contribution in [-0.2, 0) is 6.54 Å². The molecule has 0 spiro atoms. The molecule has 3 atom stereocenters. The number of hydrazine groups is 1. The van der Waals surface area contributed by atoms with Gasteiger partial charge in [0.15, 0.2) is 0 Å². The lowest BCUT2D eigenvalue weighted by molar-refractivity contribution is 0.296. The molecule has 2 aliphatic heterocycles. The molecule has 1 fully saturated rings. The number of hydrogen-bond donors (Lipinski definition) is 3. The standard InChI is InChI=1S/C43H36N4O/c1-30-36-21-11-12-23-38(36)40(32-17-7-3-8-18-32)43(48-39-24-14-13-22-37(30)39)45-35-27-25-34(26-28-35)41(44-29-31-15-5-2-6-16-31)47-42(46-47)33-19-9-4-10-20-33/h2-28,41-42,44-46H,1,29H2/b43-40-. The van der Waals surface area contributed by atoms with Crippen molar-refractivity contribution >= 4 is 16.8 Å². The highest BCUT2D eigenvalue weighted by molar-refractivity contribution is 5.94. The summed E-state index contributed by atoms with van der Waals surface area (Å²) >= 11 is 0. The van der Waals surface area contributed by atoms with E-state index in [2.05, 4.69) is 167 Å². The van der Waals surface area contributed by atoms with Crippen molar-refractivity contribution in [1.82, 2.24) is 15.8 Å². The Hall–Kier alpha value is -5.72. The average Bonchev–Trinajstić information content (AvgIpc) is 3.94. The molecule has 2 aliphatic rings. The quantitative estimate of drug-likeness (QED) is 0.140. The summed E-state index contributed by atoms with van der Waals surface area (Å²) in [6, 6.07) is 56.6. The first kappa shape index (κ1) is 29.7. The van der Waals surface area contributed by atoms with Crippen molar-refractivity contribution < 1.29 is 4.74 Å². The number of benzene rings is 6. The minimum Gasteiger partial charge on any atom is -0.440 e. The Morgan fingerprint density at radius 1 is 0.646 bits per heavy atom. The predicted molar refractivity (Wildman–Crippen MR) is 194 cm³/mol. The van der Waals surface area contributed by atoms with Crippen molar-refractivity contribution in [2.24, 2.45) is 0 Å². The number of ether oxygens (including phenoxy) is 1. The molecule has 3 N–H and O–H groups in total. The van der Waals surface area contributed by atoms with Crippen LogP contribution < -0.4 is 20.8 Å². The second-order valence-electron chi connectivity index (χ2n) is 12.1. The van der Waals surface area contributed by atoms with Gasteiger partial charge in [0.05, 0.1) is 5.57 Å². The van der Waals surface area contributed by atoms with Gasteiger partial charge in [-0.25, -0.2) is 5.43 Å². The van der Waals surface area contributed by atoms with Crippen LogP contribution in [0.25, 0.3) is 11.1 Å². The van der Waals surface area contributed by atoms with Crippen LogP contribution in [0.3, 0.4) is 0 Å². The number of anilines is 1. The summed E-state index contributed by atoms with van der Waals surface area (Å²) in [6.07, 6.45) is 0.111. The molecule has 8 rings (SSSR count). The molecule has 6 aromatic carbocycles. The molecule has 1 saturated heterocycles. The third-order valence-electron chi connectivity index (χ3n) is 8.94. The van der Waals surface area contributed by atoms with E-state index in [1.165, 1.54) is 11.1 Å². The van der Waals surface area contributed by atoms with Gasteiger partial charge in [-0.05, 0) is 57.2 Å². The molecule has 0 aliphatic carbocycles. The Bertz CT molecular complexity index is 2080. The molecule has 48 heavy (non-hydrogen) atoms. The van der Waals surface area contributed by atoms with Crippen LogP contribution in [-0.4, -0.2) is 5.01 Å². The average molecular weight is 625 g/mol. The Kier molecular flexibility index (Phi) is 8.15. The number of nitrogens with one attached hydrogen (secondary N) is 3. The number of hydrogen-bond acceptors (Lipinski definition) is 5. The van der Waals surface area contributed by atoms with E-state index >= 15 is 0 Å². The van der Waals surface area contributed by atoms with Crippen molar-refractivity contribution in [3.05, 3.63) is 215 Å². The molecule has 0 saturated carbocycles. The summed E-state index contributed by atoms with van der Waals surface area (Å²) in [5, 5.41) is 9.73. The fraction of sp³-hybridized carbons (Fsp3) is 0.0698. The molecule has 6 aromatic rings. The van der Waals surface area contributed by atoms with E-state index in [1.807, 2.05) is 24.3 Å². The Morgan fingerprint density at radius 3 is 1.98 bits per heavy atom. The van der Waals surface area contributed by atoms with Crippen molar-refractivity contribution in [3.8, 4) is 5.75 Å². The van der Waals surface area contributed by atoms with Crippen molar-refractivity contribution in [3.63, 3.8) is 0 Å². The first-order chi connectivity index (χ1) is 23.7. The van der Waals surface area contributed by atoms with Gasteiger partial charge in [0.2, 0.25) is 5.88 Å². The van der Waals surface area contributed by atoms with E-state index < -0.39 is 0 Å². The Balaban J connectivity index is 1.15. The number of rotatable bonds is 9. The third-order valence-corrected chi connectivity index (χ3v) is 8.94. The molecule has 5 nitrogen and oxygen atoms in total. The molecule has 3 unspecified atom stereocenters. The molecule has 0 bridgehead atoms. The maximum atomic E-state index is 6.79. The molecular formula is C43H36N4O. The molecule has 0 radical (unpaired) electrons. The fourth-order valence-electron chi connectivity index (χ4n) is 6.45. The zero-order valence-corrected chi connectivity index (χ0v) is 26.5. The molecular weight excluding hydrogens is 589 g/mol. The second-order valence-corrected chi connectivity index (χ2v) is 12.1. The zero-order chi connectivity index (χ0) is 32.3. The van der Waals surface area contributed by atoms with Crippen LogP contribution in [0.2, 0.25) is 0 Å². The summed E-state index contributed by atoms with van der Waals surface area (Å²) < 4.78 is 6.79. The summed E-state index contributed by atoms with van der Waals surface area (Å²) in [6.45, 7) is 5.25. The molecule has 234 valence electrons. The summed E-state index contributed by atoms with van der Waals surface area (Å²) in [5.74, 6) is 1.42. The van der Waals surface area contributed by atoms with E-state index in [4.69, 9.17) is 4.74 Å². The minimum absolute atomic E-state index is 0.0361. The lowest BCUT2D eigenvalue weighted by atomic mass is 9.87. The van der Waals surface area contributed by atoms with Gasteiger partial charge >= 0.3 is 0 Å². The van der Waals surface area contributed by atoms with Gasteiger partial charge < -0.3 is 10.1 Å². The lowest BCUT2D eigenvalue weighted by Crippen LogP contribution is -2.28. The normalized spacial score (nSPS) is 18.8. The highest BCUT2D eigenvalue weighted by Crippen LogP contribution is 2.41. The summed E-state index contributed by atoms with van der Waals surface area (Å²) in [4.78, 5) is 0. The SMILES string of the molecule is C=C1c2ccccc2O/C(Nc2ccc(C(NCc3ccccc3)N3NC3c3ccccc3)cc2)=C(/c2ccccc2)c2ccccc21. The first-order valence-corrected chi connectivity index (χ1v) is 16.3. The van der Waals surface area contributed by atoms with Gasteiger partial charge in [-0.3, -0.25) is 5.32 Å². The van der Waals surface area contributed by atoms with E-state index in [9.17, 15) is 0 Å². The van der Waals surface area contributed by atoms with Gasteiger partial charge in [-0.2, -0.15) is 5.01 Å². The molecule has 0 aromatic heterocycles. The topological polar surface area (TPSA) is 58.2 Å². The van der Waals surface area contributed by atoms with Crippen molar-refractivity contribution in [2.75, 3.05) is 5.32 Å². The monoisotopic (exact) mass is 624 g/mol. The van der Waals surface area contributed by atoms with E-state index in [1.54, 1.807) is 0 Å². The fourth-order valence-corrected chi connectivity index (χ4v) is 6.45. The van der Waals surface area contributed by atoms with Gasteiger partial charge in [-0.15, -0.1) is 0 Å². The second kappa shape index (κ2) is 13.2. The van der Waals surface area contributed by atoms with Gasteiger partial charge in [-0.1, -0.05) is 152 Å². The lowest BCUT2D eigenvalue weighted by Gasteiger charge is -2.26. The van der Waals surface area contributed by atoms with Crippen LogP contribution in [0.5, 0.6) is 5.75 Å². The van der Waals surface area contributed by atoms with Crippen molar-refractivity contribution in [2.45, 2.75) is 18.9 Å². The van der Waals surface area contributed by atoms with Crippen LogP contribution in [0.1, 0.15) is 51.3 Å². The number of nitrogens with zero attached hydrogens (tertiary/aromatic N) is 1. The van der Waals surface area contributed by atoms with E-state index in [0.717, 1.165) is 56.9 Å². The molecule has 0 amide bonds. The molecule has 5 heteroatoms. The Labute approximate surface area is 281 Å². The number of para-hydroxylation sites is 1. The highest BCUT2D eigenvalue weighted by Gasteiger charge is 2.41. The van der Waals surface area contributed by atoms with Gasteiger partial charge in [0.1, 0.15) is 18.1 Å². The zero-order valence-electron chi connectivity index (χ0n) is 26.5. The predicted octanol–water partition coefficient (Wildman–Crippen LogP) is 9.28. The maximum Gasteiger partial charge on any atom is 0.206 e. The summed E-state index contributed by atoms with van der Waals surface area (Å²) in [5.41, 5.74) is 14.2. The highest BCUT2D eigenvalue weighted by atomic mass is 16.5. The largest absolute Gasteiger partial charge is 0.440 e. The summed E-state index contributed by atoms with van der Waals surface area (Å²) in [7, 11) is 0. The molecule has 2 heterocycles. The maximum absolute atomic E-state index is 6.79. The van der Waals surface area contributed by atoms with Gasteiger partial charge in [0.25, 0.3) is 0 Å². The van der Waals surface area contributed by atoms with E-state index in [0.29, 0.717) is 5.88 Å².